The molecule has 0 unspecified atom stereocenters. The van der Waals surface area contributed by atoms with Crippen LogP contribution in [0.25, 0.3) is 0 Å². The number of unbranched alkanes of at least 4 members (excludes halogenated alkanes) is 7. The summed E-state index contributed by atoms with van der Waals surface area (Å²) in [4.78, 5) is 10.7. The lowest BCUT2D eigenvalue weighted by Crippen LogP contribution is -2.11. The van der Waals surface area contributed by atoms with Crippen LogP contribution in [0, 0.1) is 0 Å². The Kier molecular flexibility index (Phi) is 13.1. The van der Waals surface area contributed by atoms with Crippen molar-refractivity contribution in [3.63, 3.8) is 0 Å². The first-order valence-corrected chi connectivity index (χ1v) is 7.99. The maximum atomic E-state index is 10.7. The molecule has 0 spiro atoms. The summed E-state index contributed by atoms with van der Waals surface area (Å²) in [6.07, 6.45) is 17.2. The predicted octanol–water partition coefficient (Wildman–Crippen LogP) is 5.42. The van der Waals surface area contributed by atoms with Crippen molar-refractivity contribution in [2.75, 3.05) is 0 Å². The molecule has 0 saturated heterocycles. The third-order valence-corrected chi connectivity index (χ3v) is 3.24. The zero-order chi connectivity index (χ0) is 14.3. The highest BCUT2D eigenvalue weighted by molar-refractivity contribution is 5.66. The van der Waals surface area contributed by atoms with Crippen LogP contribution in [0.15, 0.2) is 12.2 Å². The van der Waals surface area contributed by atoms with Crippen LogP contribution in [-0.2, 0) is 9.53 Å². The van der Waals surface area contributed by atoms with Crippen LogP contribution >= 0.6 is 0 Å². The fraction of sp³-hybridized carbons (Fsp3) is 0.824. The van der Waals surface area contributed by atoms with Gasteiger partial charge in [0.05, 0.1) is 6.10 Å². The third-order valence-electron chi connectivity index (χ3n) is 3.24. The number of ether oxygens (including phenoxy) is 1. The highest BCUT2D eigenvalue weighted by Gasteiger charge is 2.04. The molecule has 0 saturated carbocycles. The Bertz CT molecular complexity index is 233. The molecule has 0 aliphatic heterocycles. The van der Waals surface area contributed by atoms with E-state index in [9.17, 15) is 4.79 Å². The zero-order valence-corrected chi connectivity index (χ0v) is 13.1. The summed E-state index contributed by atoms with van der Waals surface area (Å²) in [5, 5.41) is 0. The fourth-order valence-electron chi connectivity index (χ4n) is 2.12. The zero-order valence-electron chi connectivity index (χ0n) is 13.1. The maximum absolute atomic E-state index is 10.7. The molecule has 0 rings (SSSR count). The summed E-state index contributed by atoms with van der Waals surface area (Å²) in [6, 6.07) is 0. The first-order valence-electron chi connectivity index (χ1n) is 7.99. The van der Waals surface area contributed by atoms with E-state index in [0.717, 1.165) is 6.42 Å². The molecule has 2 heteroatoms. The molecule has 0 amide bonds. The summed E-state index contributed by atoms with van der Waals surface area (Å²) < 4.78 is 5.09. The van der Waals surface area contributed by atoms with E-state index >= 15 is 0 Å². The van der Waals surface area contributed by atoms with Crippen LogP contribution in [-0.4, -0.2) is 12.1 Å². The number of hydrogen-bond acceptors (Lipinski definition) is 2. The molecule has 0 aromatic rings. The van der Waals surface area contributed by atoms with Crippen LogP contribution in [0.2, 0.25) is 0 Å². The van der Waals surface area contributed by atoms with Gasteiger partial charge in [-0.3, -0.25) is 4.79 Å². The Morgan fingerprint density at radius 2 is 1.58 bits per heavy atom. The van der Waals surface area contributed by atoms with Gasteiger partial charge in [0, 0.05) is 6.92 Å². The van der Waals surface area contributed by atoms with E-state index in [0.29, 0.717) is 0 Å². The monoisotopic (exact) mass is 268 g/mol. The normalized spacial score (nSPS) is 12.8. The van der Waals surface area contributed by atoms with Gasteiger partial charge >= 0.3 is 5.97 Å². The highest BCUT2D eigenvalue weighted by Crippen LogP contribution is 2.10. The smallest absolute Gasteiger partial charge is 0.302 e. The van der Waals surface area contributed by atoms with Gasteiger partial charge in [0.1, 0.15) is 0 Å². The molecule has 0 bridgehead atoms. The standard InChI is InChI=1S/C17H32O2/c1-4-5-6-7-8-9-10-11-12-13-14-15-16(2)19-17(3)18/h7-8,16H,4-6,9-15H2,1-3H3/b8-7+/t16-/m0/s1. The van der Waals surface area contributed by atoms with Gasteiger partial charge in [-0.15, -0.1) is 0 Å². The van der Waals surface area contributed by atoms with Crippen LogP contribution in [0.3, 0.4) is 0 Å². The van der Waals surface area contributed by atoms with E-state index in [1.807, 2.05) is 6.92 Å². The van der Waals surface area contributed by atoms with Gasteiger partial charge in [0.25, 0.3) is 0 Å². The first kappa shape index (κ1) is 18.2. The Morgan fingerprint density at radius 3 is 2.21 bits per heavy atom. The second-order valence-corrected chi connectivity index (χ2v) is 5.38. The van der Waals surface area contributed by atoms with Crippen LogP contribution in [0.1, 0.15) is 85.0 Å². The number of rotatable bonds is 12. The number of carbonyl (C=O) groups is 1. The lowest BCUT2D eigenvalue weighted by molar-refractivity contribution is -0.145. The van der Waals surface area contributed by atoms with Crippen LogP contribution in [0.5, 0.6) is 0 Å². The van der Waals surface area contributed by atoms with Crippen molar-refractivity contribution in [2.24, 2.45) is 0 Å². The van der Waals surface area contributed by atoms with Crippen molar-refractivity contribution in [3.8, 4) is 0 Å². The SMILES string of the molecule is CCCC/C=C/CCCCCCC[C@H](C)OC(C)=O. The largest absolute Gasteiger partial charge is 0.463 e. The molecule has 0 fully saturated rings. The Morgan fingerprint density at radius 1 is 1.00 bits per heavy atom. The van der Waals surface area contributed by atoms with Crippen molar-refractivity contribution >= 4 is 5.97 Å². The Labute approximate surface area is 119 Å². The van der Waals surface area contributed by atoms with Gasteiger partial charge < -0.3 is 4.74 Å². The summed E-state index contributed by atoms with van der Waals surface area (Å²) in [5.74, 6) is -0.164. The minimum absolute atomic E-state index is 0.0824. The molecule has 0 aromatic carbocycles. The van der Waals surface area contributed by atoms with Gasteiger partial charge in [-0.1, -0.05) is 51.2 Å². The second-order valence-electron chi connectivity index (χ2n) is 5.38. The minimum atomic E-state index is -0.164. The summed E-state index contributed by atoms with van der Waals surface area (Å²) in [5.41, 5.74) is 0. The van der Waals surface area contributed by atoms with Crippen molar-refractivity contribution in [2.45, 2.75) is 91.1 Å². The first-order chi connectivity index (χ1) is 9.16. The summed E-state index contributed by atoms with van der Waals surface area (Å²) in [7, 11) is 0. The van der Waals surface area contributed by atoms with E-state index in [-0.39, 0.29) is 12.1 Å². The van der Waals surface area contributed by atoms with Gasteiger partial charge in [0.2, 0.25) is 0 Å². The van der Waals surface area contributed by atoms with E-state index in [4.69, 9.17) is 4.74 Å². The number of allylic oxidation sites excluding steroid dienone is 2. The summed E-state index contributed by atoms with van der Waals surface area (Å²) in [6.45, 7) is 5.68. The van der Waals surface area contributed by atoms with E-state index < -0.39 is 0 Å². The van der Waals surface area contributed by atoms with E-state index in [1.165, 1.54) is 64.7 Å². The quantitative estimate of drug-likeness (QED) is 0.268. The third kappa shape index (κ3) is 15.2. The molecule has 2 nitrogen and oxygen atoms in total. The molecule has 112 valence electrons. The maximum Gasteiger partial charge on any atom is 0.302 e. The molecule has 19 heavy (non-hydrogen) atoms. The average molecular weight is 268 g/mol. The van der Waals surface area contributed by atoms with Gasteiger partial charge in [0.15, 0.2) is 0 Å². The van der Waals surface area contributed by atoms with Crippen molar-refractivity contribution in [3.05, 3.63) is 12.2 Å². The van der Waals surface area contributed by atoms with Crippen LogP contribution < -0.4 is 0 Å². The van der Waals surface area contributed by atoms with Crippen LogP contribution in [0.4, 0.5) is 0 Å². The van der Waals surface area contributed by atoms with Gasteiger partial charge in [-0.05, 0) is 39.0 Å². The number of esters is 1. The van der Waals surface area contributed by atoms with Gasteiger partial charge in [-0.25, -0.2) is 0 Å². The van der Waals surface area contributed by atoms with Gasteiger partial charge in [-0.2, -0.15) is 0 Å². The second kappa shape index (κ2) is 13.6. The predicted molar refractivity (Wildman–Crippen MR) is 82.2 cm³/mol. The molecule has 0 aromatic heterocycles. The molecule has 1 atom stereocenters. The fourth-order valence-corrected chi connectivity index (χ4v) is 2.12. The Balaban J connectivity index is 3.18. The minimum Gasteiger partial charge on any atom is -0.463 e. The van der Waals surface area contributed by atoms with E-state index in [2.05, 4.69) is 19.1 Å². The summed E-state index contributed by atoms with van der Waals surface area (Å²) >= 11 is 0. The topological polar surface area (TPSA) is 26.3 Å². The van der Waals surface area contributed by atoms with E-state index in [1.54, 1.807) is 0 Å². The van der Waals surface area contributed by atoms with Crippen molar-refractivity contribution in [1.29, 1.82) is 0 Å². The lowest BCUT2D eigenvalue weighted by Gasteiger charge is -2.10. The van der Waals surface area contributed by atoms with Crippen molar-refractivity contribution < 1.29 is 9.53 Å². The number of hydrogen-bond donors (Lipinski definition) is 0. The molecule has 0 heterocycles. The molecule has 0 aliphatic carbocycles. The van der Waals surface area contributed by atoms with Crippen molar-refractivity contribution in [1.82, 2.24) is 0 Å². The molecule has 0 aliphatic rings. The molecule has 0 N–H and O–H groups in total. The Hall–Kier alpha value is -0.790. The molecule has 0 radical (unpaired) electrons. The average Bonchev–Trinajstić information content (AvgIpc) is 2.35. The number of carbonyl (C=O) groups excluding carboxylic acids is 1. The lowest BCUT2D eigenvalue weighted by atomic mass is 10.1. The molecular formula is C17H32O2. The highest BCUT2D eigenvalue weighted by atomic mass is 16.5. The molecular weight excluding hydrogens is 236 g/mol.